The zero-order chi connectivity index (χ0) is 28.1. The summed E-state index contributed by atoms with van der Waals surface area (Å²) >= 11 is 3.68. The first-order chi connectivity index (χ1) is 17.1. The molecule has 9 heteroatoms. The van der Waals surface area contributed by atoms with Crippen molar-refractivity contribution in [1.82, 2.24) is 9.80 Å². The minimum absolute atomic E-state index is 0.0565. The number of esters is 1. The fourth-order valence-corrected chi connectivity index (χ4v) is 8.08. The average Bonchev–Trinajstić information content (AvgIpc) is 3.34. The molecule has 3 heterocycles. The number of fused-ring (bicyclic) bond motifs is 1. The van der Waals surface area contributed by atoms with Crippen LogP contribution in [0.25, 0.3) is 0 Å². The highest BCUT2D eigenvalue weighted by Gasteiger charge is 2.77. The second kappa shape index (κ2) is 10.6. The largest absolute Gasteiger partial charge is 0.466 e. The van der Waals surface area contributed by atoms with Gasteiger partial charge in [0.1, 0.15) is 11.6 Å². The summed E-state index contributed by atoms with van der Waals surface area (Å²) in [5, 5.41) is 10.4. The molecular formula is C28H45BrN2O6. The van der Waals surface area contributed by atoms with E-state index in [1.807, 2.05) is 27.7 Å². The van der Waals surface area contributed by atoms with Crippen LogP contribution in [0.4, 0.5) is 0 Å². The van der Waals surface area contributed by atoms with Crippen LogP contribution in [0.3, 0.4) is 0 Å². The second-order valence-electron chi connectivity index (χ2n) is 12.9. The highest BCUT2D eigenvalue weighted by molar-refractivity contribution is 9.09. The molecule has 0 aromatic carbocycles. The van der Waals surface area contributed by atoms with Crippen molar-refractivity contribution >= 4 is 33.7 Å². The summed E-state index contributed by atoms with van der Waals surface area (Å²) in [4.78, 5) is 45.1. The lowest BCUT2D eigenvalue weighted by Gasteiger charge is -2.47. The fraction of sp³-hybridized carbons (Fsp3) is 0.821. The summed E-state index contributed by atoms with van der Waals surface area (Å²) < 4.78 is 11.9. The van der Waals surface area contributed by atoms with Crippen molar-refractivity contribution in [2.75, 3.05) is 19.8 Å². The lowest BCUT2D eigenvalue weighted by atomic mass is 9.70. The van der Waals surface area contributed by atoms with Crippen molar-refractivity contribution in [2.24, 2.45) is 23.2 Å². The number of carbonyl (C=O) groups is 3. The van der Waals surface area contributed by atoms with Gasteiger partial charge < -0.3 is 24.4 Å². The summed E-state index contributed by atoms with van der Waals surface area (Å²) in [5.41, 5.74) is -1.80. The van der Waals surface area contributed by atoms with Crippen LogP contribution in [-0.2, 0) is 23.9 Å². The van der Waals surface area contributed by atoms with E-state index in [2.05, 4.69) is 43.3 Å². The molecule has 0 aromatic heterocycles. The van der Waals surface area contributed by atoms with E-state index < -0.39 is 47.1 Å². The number of nitrogens with zero attached hydrogens (tertiary/aromatic N) is 2. The maximum absolute atomic E-state index is 14.7. The molecule has 7 atom stereocenters. The third kappa shape index (κ3) is 5.12. The number of aliphatic hydroxyl groups excluding tert-OH is 1. The average molecular weight is 586 g/mol. The van der Waals surface area contributed by atoms with Gasteiger partial charge in [-0.15, -0.1) is 6.58 Å². The summed E-state index contributed by atoms with van der Waals surface area (Å²) in [7, 11) is 0. The minimum atomic E-state index is -1.19. The zero-order valence-electron chi connectivity index (χ0n) is 23.6. The van der Waals surface area contributed by atoms with Crippen LogP contribution < -0.4 is 0 Å². The molecule has 2 bridgehead atoms. The normalized spacial score (nSPS) is 32.0. The molecule has 3 aliphatic rings. The molecule has 1 spiro atoms. The standard InChI is InChI=1S/C28H45BrN2O6/c1-10-12-30(27(8,9)15-26(5,6)7)24(34)22-28-13-17(29)21(37-28)19(25(35)36-11-2)20(28)23(33)31(22)18(14-32)16(3)4/h10,16-22,32H,1,11-15H2,2-9H3/t17?,18-,19+,20-,21+,22+,28-/m0/s1. The van der Waals surface area contributed by atoms with E-state index in [1.165, 1.54) is 4.90 Å². The van der Waals surface area contributed by atoms with E-state index in [1.54, 1.807) is 17.9 Å². The molecule has 0 aromatic rings. The number of hydrogen-bond donors (Lipinski definition) is 1. The Bertz CT molecular complexity index is 915. The third-order valence-electron chi connectivity index (χ3n) is 8.10. The molecule has 1 N–H and O–H groups in total. The van der Waals surface area contributed by atoms with Gasteiger partial charge >= 0.3 is 5.97 Å². The van der Waals surface area contributed by atoms with Gasteiger partial charge in [0.25, 0.3) is 0 Å². The van der Waals surface area contributed by atoms with Crippen molar-refractivity contribution in [3.05, 3.63) is 12.7 Å². The van der Waals surface area contributed by atoms with Crippen LogP contribution in [0.2, 0.25) is 0 Å². The highest BCUT2D eigenvalue weighted by atomic mass is 79.9. The Morgan fingerprint density at radius 2 is 1.95 bits per heavy atom. The SMILES string of the molecule is C=CCN(C(=O)[C@H]1N([C@@H](CO)C(C)C)C(=O)[C@@H]2[C@@H](C(=O)OCC)[C@@H]3O[C@@]21CC3Br)C(C)(C)CC(C)(C)C. The van der Waals surface area contributed by atoms with E-state index in [0.717, 1.165) is 6.42 Å². The van der Waals surface area contributed by atoms with Gasteiger partial charge in [-0.2, -0.15) is 0 Å². The first kappa shape index (κ1) is 30.1. The van der Waals surface area contributed by atoms with Crippen LogP contribution in [0.5, 0.6) is 0 Å². The van der Waals surface area contributed by atoms with Crippen molar-refractivity contribution in [3.8, 4) is 0 Å². The molecule has 3 fully saturated rings. The van der Waals surface area contributed by atoms with Crippen LogP contribution >= 0.6 is 15.9 Å². The molecule has 0 aliphatic carbocycles. The van der Waals surface area contributed by atoms with Crippen molar-refractivity contribution < 1.29 is 29.0 Å². The number of carbonyl (C=O) groups excluding carboxylic acids is 3. The molecule has 0 saturated carbocycles. The van der Waals surface area contributed by atoms with Crippen LogP contribution in [-0.4, -0.2) is 86.6 Å². The molecule has 3 saturated heterocycles. The van der Waals surface area contributed by atoms with E-state index in [-0.39, 0.29) is 41.2 Å². The summed E-state index contributed by atoms with van der Waals surface area (Å²) in [6.07, 6.45) is 2.27. The molecular weight excluding hydrogens is 540 g/mol. The van der Waals surface area contributed by atoms with Crippen molar-refractivity contribution in [1.29, 1.82) is 0 Å². The zero-order valence-corrected chi connectivity index (χ0v) is 25.2. The Labute approximate surface area is 230 Å². The third-order valence-corrected chi connectivity index (χ3v) is 8.95. The summed E-state index contributed by atoms with van der Waals surface area (Å²) in [6, 6.07) is -1.58. The summed E-state index contributed by atoms with van der Waals surface area (Å²) in [5.74, 6) is -2.82. The molecule has 3 rings (SSSR count). The van der Waals surface area contributed by atoms with E-state index in [4.69, 9.17) is 9.47 Å². The Kier molecular flexibility index (Phi) is 8.63. The minimum Gasteiger partial charge on any atom is -0.466 e. The second-order valence-corrected chi connectivity index (χ2v) is 14.1. The lowest BCUT2D eigenvalue weighted by molar-refractivity contribution is -0.158. The fourth-order valence-electron chi connectivity index (χ4n) is 7.14. The molecule has 2 amide bonds. The Morgan fingerprint density at radius 1 is 1.32 bits per heavy atom. The topological polar surface area (TPSA) is 96.4 Å². The van der Waals surface area contributed by atoms with E-state index >= 15 is 0 Å². The predicted octanol–water partition coefficient (Wildman–Crippen LogP) is 3.54. The van der Waals surface area contributed by atoms with Crippen molar-refractivity contribution in [2.45, 2.75) is 102 Å². The molecule has 210 valence electrons. The molecule has 37 heavy (non-hydrogen) atoms. The Morgan fingerprint density at radius 3 is 2.43 bits per heavy atom. The number of alkyl halides is 1. The highest BCUT2D eigenvalue weighted by Crippen LogP contribution is 2.61. The molecule has 0 radical (unpaired) electrons. The van der Waals surface area contributed by atoms with E-state index in [9.17, 15) is 19.5 Å². The van der Waals surface area contributed by atoms with Gasteiger partial charge in [0, 0.05) is 16.9 Å². The number of hydrogen-bond acceptors (Lipinski definition) is 6. The van der Waals surface area contributed by atoms with Gasteiger partial charge in [0.15, 0.2) is 0 Å². The lowest BCUT2D eigenvalue weighted by Crippen LogP contribution is -2.63. The molecule has 3 aliphatic heterocycles. The number of ether oxygens (including phenoxy) is 2. The quantitative estimate of drug-likeness (QED) is 0.240. The monoisotopic (exact) mass is 584 g/mol. The molecule has 8 nitrogen and oxygen atoms in total. The Hall–Kier alpha value is -1.45. The first-order valence-electron chi connectivity index (χ1n) is 13.4. The smallest absolute Gasteiger partial charge is 0.312 e. The van der Waals surface area contributed by atoms with Crippen LogP contribution in [0.1, 0.15) is 68.2 Å². The predicted molar refractivity (Wildman–Crippen MR) is 145 cm³/mol. The maximum Gasteiger partial charge on any atom is 0.312 e. The summed E-state index contributed by atoms with van der Waals surface area (Å²) in [6.45, 7) is 20.1. The van der Waals surface area contributed by atoms with Gasteiger partial charge in [0.05, 0.1) is 37.2 Å². The molecule has 1 unspecified atom stereocenters. The van der Waals surface area contributed by atoms with Gasteiger partial charge in [-0.05, 0) is 44.9 Å². The van der Waals surface area contributed by atoms with Gasteiger partial charge in [-0.3, -0.25) is 14.4 Å². The van der Waals surface area contributed by atoms with Crippen LogP contribution in [0, 0.1) is 23.2 Å². The maximum atomic E-state index is 14.7. The van der Waals surface area contributed by atoms with Gasteiger partial charge in [0.2, 0.25) is 11.8 Å². The van der Waals surface area contributed by atoms with Crippen molar-refractivity contribution in [3.63, 3.8) is 0 Å². The van der Waals surface area contributed by atoms with Gasteiger partial charge in [-0.1, -0.05) is 56.6 Å². The number of aliphatic hydroxyl groups is 1. The number of halogens is 1. The van der Waals surface area contributed by atoms with Crippen LogP contribution in [0.15, 0.2) is 12.7 Å². The number of likely N-dealkylation sites (tertiary alicyclic amines) is 1. The Balaban J connectivity index is 2.18. The number of rotatable bonds is 10. The van der Waals surface area contributed by atoms with Gasteiger partial charge in [-0.25, -0.2) is 0 Å². The van der Waals surface area contributed by atoms with E-state index in [0.29, 0.717) is 13.0 Å². The first-order valence-corrected chi connectivity index (χ1v) is 14.3. The number of amides is 2.